The van der Waals surface area contributed by atoms with Crippen molar-refractivity contribution in [3.8, 4) is 0 Å². The van der Waals surface area contributed by atoms with Gasteiger partial charge in [0.05, 0.1) is 0 Å². The van der Waals surface area contributed by atoms with E-state index in [1.54, 1.807) is 0 Å². The molecule has 0 unspecified atom stereocenters. The lowest BCUT2D eigenvalue weighted by Gasteiger charge is -2.30. The smallest absolute Gasteiger partial charge is 0.224 e. The molecule has 5 heteroatoms. The van der Waals surface area contributed by atoms with Crippen LogP contribution in [0.25, 0.3) is 0 Å². The molecule has 0 saturated carbocycles. The van der Waals surface area contributed by atoms with E-state index in [0.717, 1.165) is 54.4 Å². The van der Waals surface area contributed by atoms with Crippen LogP contribution in [0, 0.1) is 0 Å². The van der Waals surface area contributed by atoms with E-state index in [9.17, 15) is 0 Å². The fraction of sp³-hybridized carbons (Fsp3) is 0.412. The van der Waals surface area contributed by atoms with E-state index in [1.807, 2.05) is 0 Å². The van der Waals surface area contributed by atoms with Gasteiger partial charge in [-0.1, -0.05) is 28.9 Å². The average molecular weight is 361 g/mol. The first-order valence-electron chi connectivity index (χ1n) is 7.83. The fourth-order valence-electron chi connectivity index (χ4n) is 2.78. The topological polar surface area (TPSA) is 41.1 Å². The molecular weight excluding hydrogens is 340 g/mol. The van der Waals surface area contributed by atoms with Gasteiger partial charge in [0, 0.05) is 35.9 Å². The SMILES string of the molecule is CCNc1nc(CC)cc(N2CCc3ccc(Br)cc3C2)n1. The molecule has 2 heterocycles. The number of aryl methyl sites for hydroxylation is 1. The van der Waals surface area contributed by atoms with E-state index in [4.69, 9.17) is 0 Å². The van der Waals surface area contributed by atoms with E-state index in [0.29, 0.717) is 0 Å². The Balaban J connectivity index is 1.90. The van der Waals surface area contributed by atoms with Crippen LogP contribution in [0.4, 0.5) is 11.8 Å². The van der Waals surface area contributed by atoms with Crippen molar-refractivity contribution in [2.45, 2.75) is 33.2 Å². The second kappa shape index (κ2) is 6.65. The largest absolute Gasteiger partial charge is 0.354 e. The fourth-order valence-corrected chi connectivity index (χ4v) is 3.19. The highest BCUT2D eigenvalue weighted by Gasteiger charge is 2.18. The van der Waals surface area contributed by atoms with Gasteiger partial charge >= 0.3 is 0 Å². The second-order valence-corrected chi connectivity index (χ2v) is 6.43. The molecule has 0 radical (unpaired) electrons. The maximum Gasteiger partial charge on any atom is 0.224 e. The maximum atomic E-state index is 4.68. The molecule has 0 spiro atoms. The van der Waals surface area contributed by atoms with Crippen LogP contribution >= 0.6 is 15.9 Å². The predicted molar refractivity (Wildman–Crippen MR) is 94.5 cm³/mol. The Kier molecular flexibility index (Phi) is 4.62. The molecule has 0 aliphatic carbocycles. The van der Waals surface area contributed by atoms with Crippen LogP contribution < -0.4 is 10.2 Å². The Hall–Kier alpha value is -1.62. The van der Waals surface area contributed by atoms with Crippen molar-refractivity contribution >= 4 is 27.7 Å². The number of nitrogens with one attached hydrogen (secondary N) is 1. The van der Waals surface area contributed by atoms with Gasteiger partial charge in [-0.3, -0.25) is 0 Å². The molecule has 0 amide bonds. The minimum atomic E-state index is 0.733. The van der Waals surface area contributed by atoms with Gasteiger partial charge in [0.15, 0.2) is 0 Å². The molecule has 0 atom stereocenters. The highest BCUT2D eigenvalue weighted by Crippen LogP contribution is 2.26. The van der Waals surface area contributed by atoms with Crippen LogP contribution in [0.2, 0.25) is 0 Å². The van der Waals surface area contributed by atoms with Gasteiger partial charge in [-0.05, 0) is 43.0 Å². The van der Waals surface area contributed by atoms with Crippen molar-refractivity contribution in [1.29, 1.82) is 0 Å². The molecule has 22 heavy (non-hydrogen) atoms. The van der Waals surface area contributed by atoms with Crippen molar-refractivity contribution in [1.82, 2.24) is 9.97 Å². The highest BCUT2D eigenvalue weighted by atomic mass is 79.9. The molecule has 1 aliphatic heterocycles. The number of halogens is 1. The maximum absolute atomic E-state index is 4.68. The number of hydrogen-bond acceptors (Lipinski definition) is 4. The third-order valence-corrected chi connectivity index (χ3v) is 4.46. The molecule has 1 aromatic heterocycles. The molecule has 0 saturated heterocycles. The lowest BCUT2D eigenvalue weighted by molar-refractivity contribution is 0.717. The Morgan fingerprint density at radius 1 is 1.18 bits per heavy atom. The van der Waals surface area contributed by atoms with Gasteiger partial charge in [-0.15, -0.1) is 0 Å². The van der Waals surface area contributed by atoms with Gasteiger partial charge < -0.3 is 10.2 Å². The quantitative estimate of drug-likeness (QED) is 0.900. The van der Waals surface area contributed by atoms with Crippen LogP contribution in [0.5, 0.6) is 0 Å². The Bertz CT molecular complexity index is 672. The summed E-state index contributed by atoms with van der Waals surface area (Å²) >= 11 is 3.57. The molecule has 3 rings (SSSR count). The summed E-state index contributed by atoms with van der Waals surface area (Å²) in [6.45, 7) is 6.93. The van der Waals surface area contributed by atoms with Crippen LogP contribution in [0.3, 0.4) is 0 Å². The average Bonchev–Trinajstić information content (AvgIpc) is 2.54. The van der Waals surface area contributed by atoms with E-state index < -0.39 is 0 Å². The monoisotopic (exact) mass is 360 g/mol. The number of fused-ring (bicyclic) bond motifs is 1. The van der Waals surface area contributed by atoms with Gasteiger partial charge in [-0.25, -0.2) is 4.98 Å². The summed E-state index contributed by atoms with van der Waals surface area (Å²) in [6, 6.07) is 8.67. The first kappa shape index (κ1) is 15.3. The summed E-state index contributed by atoms with van der Waals surface area (Å²) in [6.07, 6.45) is 1.98. The van der Waals surface area contributed by atoms with E-state index >= 15 is 0 Å². The molecule has 1 aromatic carbocycles. The number of benzene rings is 1. The van der Waals surface area contributed by atoms with Gasteiger partial charge in [0.25, 0.3) is 0 Å². The highest BCUT2D eigenvalue weighted by molar-refractivity contribution is 9.10. The van der Waals surface area contributed by atoms with Gasteiger partial charge in [0.2, 0.25) is 5.95 Å². The first-order chi connectivity index (χ1) is 10.7. The zero-order valence-electron chi connectivity index (χ0n) is 13.1. The van der Waals surface area contributed by atoms with E-state index in [2.05, 4.69) is 74.2 Å². The summed E-state index contributed by atoms with van der Waals surface area (Å²) in [7, 11) is 0. The number of anilines is 2. The van der Waals surface area contributed by atoms with Crippen LogP contribution in [-0.2, 0) is 19.4 Å². The summed E-state index contributed by atoms with van der Waals surface area (Å²) < 4.78 is 1.14. The van der Waals surface area contributed by atoms with Crippen molar-refractivity contribution < 1.29 is 0 Å². The van der Waals surface area contributed by atoms with Crippen molar-refractivity contribution in [3.05, 3.63) is 45.6 Å². The third-order valence-electron chi connectivity index (χ3n) is 3.97. The minimum Gasteiger partial charge on any atom is -0.354 e. The first-order valence-corrected chi connectivity index (χ1v) is 8.63. The Morgan fingerprint density at radius 3 is 2.82 bits per heavy atom. The minimum absolute atomic E-state index is 0.733. The molecule has 4 nitrogen and oxygen atoms in total. The summed E-state index contributed by atoms with van der Waals surface area (Å²) in [5.41, 5.74) is 3.90. The van der Waals surface area contributed by atoms with Crippen molar-refractivity contribution in [2.75, 3.05) is 23.3 Å². The number of aromatic nitrogens is 2. The van der Waals surface area contributed by atoms with Crippen molar-refractivity contribution in [3.63, 3.8) is 0 Å². The van der Waals surface area contributed by atoms with Crippen LogP contribution in [0.1, 0.15) is 30.7 Å². The molecular formula is C17H21BrN4. The van der Waals surface area contributed by atoms with Gasteiger partial charge in [0.1, 0.15) is 5.82 Å². The molecule has 0 bridgehead atoms. The van der Waals surface area contributed by atoms with Gasteiger partial charge in [-0.2, -0.15) is 4.98 Å². The lowest BCUT2D eigenvalue weighted by atomic mass is 10.00. The molecule has 2 aromatic rings. The standard InChI is InChI=1S/C17H21BrN4/c1-3-15-10-16(21-17(20-15)19-4-2)22-8-7-12-5-6-14(18)9-13(12)11-22/h5-6,9-10H,3-4,7-8,11H2,1-2H3,(H,19,20,21). The molecule has 1 aliphatic rings. The normalized spacial score (nSPS) is 13.9. The number of hydrogen-bond donors (Lipinski definition) is 1. The summed E-state index contributed by atoms with van der Waals surface area (Å²) in [4.78, 5) is 11.6. The third kappa shape index (κ3) is 3.24. The zero-order chi connectivity index (χ0) is 15.5. The van der Waals surface area contributed by atoms with Crippen molar-refractivity contribution in [2.24, 2.45) is 0 Å². The Labute approximate surface area is 140 Å². The number of nitrogens with zero attached hydrogens (tertiary/aromatic N) is 3. The van der Waals surface area contributed by atoms with Crippen LogP contribution in [0.15, 0.2) is 28.7 Å². The summed E-state index contributed by atoms with van der Waals surface area (Å²) in [5.74, 6) is 1.75. The zero-order valence-corrected chi connectivity index (χ0v) is 14.7. The van der Waals surface area contributed by atoms with E-state index in [1.165, 1.54) is 11.1 Å². The summed E-state index contributed by atoms with van der Waals surface area (Å²) in [5, 5.41) is 3.23. The number of rotatable bonds is 4. The molecule has 116 valence electrons. The lowest BCUT2D eigenvalue weighted by Crippen LogP contribution is -2.31. The van der Waals surface area contributed by atoms with Crippen LogP contribution in [-0.4, -0.2) is 23.1 Å². The van der Waals surface area contributed by atoms with E-state index in [-0.39, 0.29) is 0 Å². The predicted octanol–water partition coefficient (Wildman–Crippen LogP) is 3.80. The second-order valence-electron chi connectivity index (χ2n) is 5.51. The Morgan fingerprint density at radius 2 is 2.05 bits per heavy atom. The molecule has 1 N–H and O–H groups in total. The molecule has 0 fully saturated rings.